The molecular formula is C14H22N4OS. The first-order chi connectivity index (χ1) is 9.40. The van der Waals surface area contributed by atoms with E-state index in [-0.39, 0.29) is 0 Å². The second-order valence-corrected chi connectivity index (χ2v) is 6.50. The van der Waals surface area contributed by atoms with Crippen LogP contribution in [0.2, 0.25) is 0 Å². The van der Waals surface area contributed by atoms with Crippen LogP contribution < -0.4 is 10.2 Å². The molecule has 0 bridgehead atoms. The van der Waals surface area contributed by atoms with E-state index >= 15 is 0 Å². The fourth-order valence-electron chi connectivity index (χ4n) is 2.10. The van der Waals surface area contributed by atoms with Crippen LogP contribution in [0.4, 0.5) is 11.8 Å². The van der Waals surface area contributed by atoms with Crippen molar-refractivity contribution < 1.29 is 5.11 Å². The van der Waals surface area contributed by atoms with Crippen molar-refractivity contribution in [2.45, 2.75) is 32.8 Å². The van der Waals surface area contributed by atoms with Gasteiger partial charge in [0.1, 0.15) is 10.6 Å². The Morgan fingerprint density at radius 3 is 2.80 bits per heavy atom. The Kier molecular flexibility index (Phi) is 4.45. The van der Waals surface area contributed by atoms with Gasteiger partial charge in [-0.25, -0.2) is 4.98 Å². The highest BCUT2D eigenvalue weighted by molar-refractivity contribution is 7.16. The van der Waals surface area contributed by atoms with Crippen LogP contribution in [0.15, 0.2) is 11.4 Å². The Hall–Kier alpha value is -1.40. The van der Waals surface area contributed by atoms with Crippen molar-refractivity contribution in [2.24, 2.45) is 0 Å². The van der Waals surface area contributed by atoms with Crippen molar-refractivity contribution in [1.29, 1.82) is 0 Å². The first-order valence-electron chi connectivity index (χ1n) is 6.83. The van der Waals surface area contributed by atoms with E-state index in [9.17, 15) is 5.11 Å². The van der Waals surface area contributed by atoms with Gasteiger partial charge in [-0.1, -0.05) is 6.92 Å². The molecule has 6 heteroatoms. The summed E-state index contributed by atoms with van der Waals surface area (Å²) in [4.78, 5) is 12.1. The van der Waals surface area contributed by atoms with Gasteiger partial charge in [0.15, 0.2) is 0 Å². The molecule has 0 amide bonds. The molecule has 0 saturated carbocycles. The average Bonchev–Trinajstić information content (AvgIpc) is 2.81. The van der Waals surface area contributed by atoms with Crippen molar-refractivity contribution in [3.63, 3.8) is 0 Å². The number of anilines is 2. The molecule has 0 spiro atoms. The summed E-state index contributed by atoms with van der Waals surface area (Å²) in [6.07, 6.45) is 1.03. The lowest BCUT2D eigenvalue weighted by Gasteiger charge is -2.27. The van der Waals surface area contributed by atoms with Gasteiger partial charge < -0.3 is 15.3 Å². The van der Waals surface area contributed by atoms with Crippen LogP contribution in [-0.2, 0) is 0 Å². The molecule has 0 radical (unpaired) electrons. The van der Waals surface area contributed by atoms with Crippen molar-refractivity contribution >= 4 is 33.3 Å². The van der Waals surface area contributed by atoms with E-state index in [0.29, 0.717) is 12.5 Å². The van der Waals surface area contributed by atoms with E-state index in [1.165, 1.54) is 0 Å². The van der Waals surface area contributed by atoms with Gasteiger partial charge in [0.05, 0.1) is 11.0 Å². The molecule has 20 heavy (non-hydrogen) atoms. The predicted octanol–water partition coefficient (Wildman–Crippen LogP) is 2.72. The Balaban J connectivity index is 2.36. The van der Waals surface area contributed by atoms with E-state index in [2.05, 4.69) is 22.2 Å². The van der Waals surface area contributed by atoms with Gasteiger partial charge in [-0.3, -0.25) is 0 Å². The van der Waals surface area contributed by atoms with Crippen LogP contribution in [0.25, 0.3) is 10.2 Å². The van der Waals surface area contributed by atoms with Gasteiger partial charge in [-0.2, -0.15) is 4.98 Å². The third-order valence-corrected chi connectivity index (χ3v) is 3.63. The highest BCUT2D eigenvalue weighted by atomic mass is 32.1. The number of nitrogens with zero attached hydrogens (tertiary/aromatic N) is 3. The van der Waals surface area contributed by atoms with Crippen molar-refractivity contribution in [2.75, 3.05) is 30.4 Å². The largest absolute Gasteiger partial charge is 0.389 e. The average molecular weight is 294 g/mol. The summed E-state index contributed by atoms with van der Waals surface area (Å²) in [5.41, 5.74) is -0.765. The lowest BCUT2D eigenvalue weighted by Crippen LogP contribution is -2.36. The van der Waals surface area contributed by atoms with Gasteiger partial charge in [0.2, 0.25) is 5.95 Å². The Labute approximate surface area is 123 Å². The number of rotatable bonds is 6. The second kappa shape index (κ2) is 5.93. The molecule has 2 aromatic rings. The van der Waals surface area contributed by atoms with E-state index < -0.39 is 5.60 Å². The zero-order valence-corrected chi connectivity index (χ0v) is 13.3. The van der Waals surface area contributed by atoms with E-state index in [1.54, 1.807) is 25.2 Å². The summed E-state index contributed by atoms with van der Waals surface area (Å²) >= 11 is 1.60. The van der Waals surface area contributed by atoms with Gasteiger partial charge in [-0.05, 0) is 31.7 Å². The maximum Gasteiger partial charge on any atom is 0.226 e. The molecule has 0 saturated heterocycles. The summed E-state index contributed by atoms with van der Waals surface area (Å²) in [7, 11) is 1.95. The quantitative estimate of drug-likeness (QED) is 0.858. The molecular weight excluding hydrogens is 272 g/mol. The lowest BCUT2D eigenvalue weighted by atomic mass is 10.1. The molecule has 0 aliphatic carbocycles. The molecule has 2 rings (SSSR count). The van der Waals surface area contributed by atoms with Crippen LogP contribution in [-0.4, -0.2) is 40.8 Å². The van der Waals surface area contributed by atoms with Crippen LogP contribution in [0.3, 0.4) is 0 Å². The number of hydrogen-bond donors (Lipinski definition) is 2. The van der Waals surface area contributed by atoms with Crippen LogP contribution in [0.1, 0.15) is 27.2 Å². The Morgan fingerprint density at radius 2 is 2.15 bits per heavy atom. The van der Waals surface area contributed by atoms with Gasteiger partial charge in [0, 0.05) is 20.1 Å². The fraction of sp³-hybridized carbons (Fsp3) is 0.571. The normalized spacial score (nSPS) is 11.8. The molecule has 2 aromatic heterocycles. The molecule has 0 aliphatic heterocycles. The van der Waals surface area contributed by atoms with Crippen molar-refractivity contribution in [3.8, 4) is 0 Å². The molecule has 0 unspecified atom stereocenters. The highest BCUT2D eigenvalue weighted by Crippen LogP contribution is 2.29. The topological polar surface area (TPSA) is 61.3 Å². The van der Waals surface area contributed by atoms with Crippen molar-refractivity contribution in [1.82, 2.24) is 9.97 Å². The minimum Gasteiger partial charge on any atom is -0.389 e. The van der Waals surface area contributed by atoms with Crippen LogP contribution in [0, 0.1) is 0 Å². The Morgan fingerprint density at radius 1 is 1.40 bits per heavy atom. The summed E-state index contributed by atoms with van der Waals surface area (Å²) < 4.78 is 0. The fourth-order valence-corrected chi connectivity index (χ4v) is 2.86. The molecule has 2 heterocycles. The monoisotopic (exact) mass is 294 g/mol. The zero-order valence-electron chi connectivity index (χ0n) is 12.5. The molecule has 0 atom stereocenters. The third kappa shape index (κ3) is 3.58. The first-order valence-corrected chi connectivity index (χ1v) is 7.71. The molecule has 5 nitrogen and oxygen atoms in total. The number of fused-ring (bicyclic) bond motifs is 1. The summed E-state index contributed by atoms with van der Waals surface area (Å²) in [6.45, 7) is 7.07. The van der Waals surface area contributed by atoms with Gasteiger partial charge >= 0.3 is 0 Å². The maximum atomic E-state index is 9.98. The predicted molar refractivity (Wildman–Crippen MR) is 85.8 cm³/mol. The molecule has 0 fully saturated rings. The van der Waals surface area contributed by atoms with E-state index in [1.807, 2.05) is 23.4 Å². The molecule has 110 valence electrons. The van der Waals surface area contributed by atoms with Crippen LogP contribution >= 0.6 is 11.3 Å². The molecule has 0 aliphatic rings. The van der Waals surface area contributed by atoms with Gasteiger partial charge in [-0.15, -0.1) is 11.3 Å². The smallest absolute Gasteiger partial charge is 0.226 e. The SMILES string of the molecule is CCCNc1nc(N(C)CC(C)(C)O)c2ccsc2n1. The zero-order chi connectivity index (χ0) is 14.8. The van der Waals surface area contributed by atoms with Crippen molar-refractivity contribution in [3.05, 3.63) is 11.4 Å². The summed E-state index contributed by atoms with van der Waals surface area (Å²) in [6, 6.07) is 2.03. The molecule has 0 aromatic carbocycles. The number of aliphatic hydroxyl groups is 1. The number of thiophene rings is 1. The standard InChI is InChI=1S/C14H22N4OS/c1-5-7-15-13-16-11(18(4)9-14(2,3)19)10-6-8-20-12(10)17-13/h6,8,19H,5,7,9H2,1-4H3,(H,15,16,17). The summed E-state index contributed by atoms with van der Waals surface area (Å²) in [5.74, 6) is 1.51. The van der Waals surface area contributed by atoms with E-state index in [0.717, 1.165) is 29.0 Å². The molecule has 2 N–H and O–H groups in total. The maximum absolute atomic E-state index is 9.98. The number of hydrogen-bond acceptors (Lipinski definition) is 6. The lowest BCUT2D eigenvalue weighted by molar-refractivity contribution is 0.0885. The second-order valence-electron chi connectivity index (χ2n) is 5.61. The minimum absolute atomic E-state index is 0.516. The number of likely N-dealkylation sites (N-methyl/N-ethyl adjacent to an activating group) is 1. The summed E-state index contributed by atoms with van der Waals surface area (Å²) in [5, 5.41) is 16.3. The first kappa shape index (κ1) is 15.0. The van der Waals surface area contributed by atoms with E-state index in [4.69, 9.17) is 0 Å². The number of nitrogens with one attached hydrogen (secondary N) is 1. The Bertz CT molecular complexity index is 576. The highest BCUT2D eigenvalue weighted by Gasteiger charge is 2.19. The minimum atomic E-state index is -0.765. The van der Waals surface area contributed by atoms with Crippen LogP contribution in [0.5, 0.6) is 0 Å². The number of aromatic nitrogens is 2. The van der Waals surface area contributed by atoms with Gasteiger partial charge in [0.25, 0.3) is 0 Å². The third-order valence-electron chi connectivity index (χ3n) is 2.82.